The molecule has 1 aliphatic rings. The maximum atomic E-state index is 13.2. The first-order valence-electron chi connectivity index (χ1n) is 8.99. The zero-order valence-electron chi connectivity index (χ0n) is 16.1. The molecule has 1 heterocycles. The minimum atomic E-state index is -0.320. The van der Waals surface area contributed by atoms with Crippen molar-refractivity contribution in [3.05, 3.63) is 53.1 Å². The van der Waals surface area contributed by atoms with Crippen LogP contribution in [0.4, 0.5) is 4.39 Å². The highest BCUT2D eigenvalue weighted by atomic mass is 19.1. The molecule has 1 N–H and O–H groups in total. The van der Waals surface area contributed by atoms with E-state index < -0.39 is 0 Å². The van der Waals surface area contributed by atoms with Gasteiger partial charge in [-0.05, 0) is 56.0 Å². The van der Waals surface area contributed by atoms with Crippen molar-refractivity contribution >= 4 is 17.4 Å². The van der Waals surface area contributed by atoms with Crippen molar-refractivity contribution in [2.24, 2.45) is 10.5 Å². The molecule has 1 aliphatic carbocycles. The van der Waals surface area contributed by atoms with Crippen molar-refractivity contribution in [1.82, 2.24) is 9.99 Å². The van der Waals surface area contributed by atoms with Gasteiger partial charge in [0.2, 0.25) is 0 Å². The summed E-state index contributed by atoms with van der Waals surface area (Å²) in [7, 11) is 0. The lowest BCUT2D eigenvalue weighted by Crippen LogP contribution is -2.31. The zero-order chi connectivity index (χ0) is 19.8. The quantitative estimate of drug-likeness (QED) is 0.828. The van der Waals surface area contributed by atoms with E-state index in [9.17, 15) is 14.0 Å². The molecule has 5 nitrogen and oxygen atoms in total. The van der Waals surface area contributed by atoms with Gasteiger partial charge in [-0.15, -0.1) is 0 Å². The van der Waals surface area contributed by atoms with E-state index in [0.29, 0.717) is 24.1 Å². The largest absolute Gasteiger partial charge is 0.318 e. The molecule has 6 heteroatoms. The third kappa shape index (κ3) is 4.15. The Balaban J connectivity index is 1.82. The maximum absolute atomic E-state index is 13.2. The van der Waals surface area contributed by atoms with Gasteiger partial charge >= 0.3 is 0 Å². The summed E-state index contributed by atoms with van der Waals surface area (Å²) >= 11 is 0. The number of hydrogen-bond acceptors (Lipinski definition) is 3. The van der Waals surface area contributed by atoms with Gasteiger partial charge in [0.25, 0.3) is 5.91 Å². The van der Waals surface area contributed by atoms with E-state index in [-0.39, 0.29) is 29.3 Å². The number of nitrogens with zero attached hydrogens (tertiary/aromatic N) is 2. The van der Waals surface area contributed by atoms with E-state index in [1.807, 2.05) is 32.3 Å². The molecule has 0 atom stereocenters. The summed E-state index contributed by atoms with van der Waals surface area (Å²) in [5.41, 5.74) is 6.07. The van der Waals surface area contributed by atoms with Crippen molar-refractivity contribution in [3.8, 4) is 5.69 Å². The lowest BCUT2D eigenvalue weighted by Gasteiger charge is -2.28. The molecular formula is C21H24FN3O2. The average Bonchev–Trinajstić information content (AvgIpc) is 2.86. The topological polar surface area (TPSA) is 63.5 Å². The summed E-state index contributed by atoms with van der Waals surface area (Å²) in [6.45, 7) is 7.78. The van der Waals surface area contributed by atoms with E-state index in [1.54, 1.807) is 18.2 Å². The Morgan fingerprint density at radius 1 is 1.19 bits per heavy atom. The van der Waals surface area contributed by atoms with E-state index >= 15 is 0 Å². The number of Topliss-reactive ketones (excluding diaryl/α,β-unsaturated/α-hetero) is 1. The highest BCUT2D eigenvalue weighted by molar-refractivity contribution is 6.05. The van der Waals surface area contributed by atoms with Crippen LogP contribution >= 0.6 is 0 Å². The van der Waals surface area contributed by atoms with Crippen LogP contribution in [0, 0.1) is 25.1 Å². The summed E-state index contributed by atoms with van der Waals surface area (Å²) in [5, 5.41) is 4.21. The van der Waals surface area contributed by atoms with Crippen molar-refractivity contribution in [2.75, 3.05) is 0 Å². The van der Waals surface area contributed by atoms with Crippen molar-refractivity contribution in [2.45, 2.75) is 47.0 Å². The Morgan fingerprint density at radius 3 is 2.48 bits per heavy atom. The van der Waals surface area contributed by atoms with Gasteiger partial charge in [0.15, 0.2) is 0 Å². The number of hydrazone groups is 1. The highest BCUT2D eigenvalue weighted by Gasteiger charge is 2.30. The first-order valence-corrected chi connectivity index (χ1v) is 8.99. The van der Waals surface area contributed by atoms with Gasteiger partial charge in [-0.2, -0.15) is 5.10 Å². The Hall–Kier alpha value is -2.76. The second-order valence-electron chi connectivity index (χ2n) is 7.95. The molecule has 0 radical (unpaired) electrons. The Morgan fingerprint density at radius 2 is 1.85 bits per heavy atom. The molecule has 142 valence electrons. The van der Waals surface area contributed by atoms with E-state index in [4.69, 9.17) is 0 Å². The molecule has 3 rings (SSSR count). The zero-order valence-corrected chi connectivity index (χ0v) is 16.1. The summed E-state index contributed by atoms with van der Waals surface area (Å²) in [5.74, 6) is -0.478. The van der Waals surface area contributed by atoms with Gasteiger partial charge in [0, 0.05) is 35.6 Å². The van der Waals surface area contributed by atoms with E-state index in [2.05, 4.69) is 10.5 Å². The first kappa shape index (κ1) is 19.0. The number of halogens is 1. The van der Waals surface area contributed by atoms with Gasteiger partial charge < -0.3 is 4.57 Å². The number of amides is 1. The van der Waals surface area contributed by atoms with Crippen LogP contribution in [-0.2, 0) is 4.79 Å². The Kier molecular flexibility index (Phi) is 5.00. The minimum Gasteiger partial charge on any atom is -0.318 e. The molecule has 0 aliphatic heterocycles. The normalized spacial score (nSPS) is 18.0. The predicted octanol–water partition coefficient (Wildman–Crippen LogP) is 4.10. The molecular weight excluding hydrogens is 345 g/mol. The third-order valence-electron chi connectivity index (χ3n) is 4.84. The van der Waals surface area contributed by atoms with E-state index in [0.717, 1.165) is 17.1 Å². The molecule has 0 unspecified atom stereocenters. The van der Waals surface area contributed by atoms with Crippen LogP contribution in [0.25, 0.3) is 5.69 Å². The number of hydrogen-bond donors (Lipinski definition) is 1. The number of aromatic nitrogens is 1. The third-order valence-corrected chi connectivity index (χ3v) is 4.84. The molecule has 1 amide bonds. The standard InChI is InChI=1S/C21H24FN3O2/c1-13-9-19(14(2)25(13)17-7-5-15(22)6-8-17)20(27)24-23-16-10-18(26)12-21(3,4)11-16/h5-9H,10-12H2,1-4H3,(H,24,27)/b23-16-. The van der Waals surface area contributed by atoms with Crippen molar-refractivity contribution in [1.29, 1.82) is 0 Å². The smallest absolute Gasteiger partial charge is 0.273 e. The minimum absolute atomic E-state index is 0.128. The highest BCUT2D eigenvalue weighted by Crippen LogP contribution is 2.31. The fraction of sp³-hybridized carbons (Fsp3) is 0.381. The molecule has 27 heavy (non-hydrogen) atoms. The molecule has 0 spiro atoms. The fourth-order valence-corrected chi connectivity index (χ4v) is 3.75. The van der Waals surface area contributed by atoms with Crippen LogP contribution in [0.2, 0.25) is 0 Å². The lowest BCUT2D eigenvalue weighted by atomic mass is 9.76. The van der Waals surface area contributed by atoms with Gasteiger partial charge in [0.05, 0.1) is 5.56 Å². The molecule has 0 bridgehead atoms. The van der Waals surface area contributed by atoms with Crippen LogP contribution in [0.1, 0.15) is 54.9 Å². The maximum Gasteiger partial charge on any atom is 0.273 e. The number of nitrogens with one attached hydrogen (secondary N) is 1. The predicted molar refractivity (Wildman–Crippen MR) is 103 cm³/mol. The Labute approximate surface area is 158 Å². The fourth-order valence-electron chi connectivity index (χ4n) is 3.75. The number of carbonyl (C=O) groups is 2. The van der Waals surface area contributed by atoms with Gasteiger partial charge in [-0.25, -0.2) is 9.82 Å². The van der Waals surface area contributed by atoms with Crippen LogP contribution in [0.3, 0.4) is 0 Å². The summed E-state index contributed by atoms with van der Waals surface area (Å²) in [6, 6.07) is 7.91. The van der Waals surface area contributed by atoms with Crippen molar-refractivity contribution < 1.29 is 14.0 Å². The second kappa shape index (κ2) is 7.10. The number of benzene rings is 1. The number of aryl methyl sites for hydroxylation is 1. The monoisotopic (exact) mass is 369 g/mol. The molecule has 2 aromatic rings. The summed E-state index contributed by atoms with van der Waals surface area (Å²) < 4.78 is 15.1. The first-order chi connectivity index (χ1) is 12.7. The summed E-state index contributed by atoms with van der Waals surface area (Å²) in [6.07, 6.45) is 1.52. The molecule has 0 saturated heterocycles. The summed E-state index contributed by atoms with van der Waals surface area (Å²) in [4.78, 5) is 24.5. The van der Waals surface area contributed by atoms with Crippen LogP contribution in [-0.4, -0.2) is 22.0 Å². The van der Waals surface area contributed by atoms with E-state index in [1.165, 1.54) is 12.1 Å². The molecule has 1 saturated carbocycles. The Bertz CT molecular complexity index is 924. The van der Waals surface area contributed by atoms with Crippen LogP contribution in [0.5, 0.6) is 0 Å². The van der Waals surface area contributed by atoms with Crippen LogP contribution in [0.15, 0.2) is 35.4 Å². The van der Waals surface area contributed by atoms with Crippen LogP contribution < -0.4 is 5.43 Å². The lowest BCUT2D eigenvalue weighted by molar-refractivity contribution is -0.120. The van der Waals surface area contributed by atoms with Gasteiger partial charge in [0.1, 0.15) is 11.6 Å². The van der Waals surface area contributed by atoms with Gasteiger partial charge in [-0.3, -0.25) is 9.59 Å². The second-order valence-corrected chi connectivity index (χ2v) is 7.95. The van der Waals surface area contributed by atoms with Gasteiger partial charge in [-0.1, -0.05) is 13.8 Å². The van der Waals surface area contributed by atoms with Crippen molar-refractivity contribution in [3.63, 3.8) is 0 Å². The molecule has 1 aromatic carbocycles. The SMILES string of the molecule is Cc1cc(C(=O)N/N=C2/CC(=O)CC(C)(C)C2)c(C)n1-c1ccc(F)cc1. The number of carbonyl (C=O) groups excluding carboxylic acids is 2. The average molecular weight is 369 g/mol. The molecule has 1 aromatic heterocycles. The number of rotatable bonds is 3. The number of ketones is 1. The molecule has 1 fully saturated rings.